The SMILES string of the molecule is N#CC1(COc2cncc(-c3cc(NC4CCC(NC[C@H](O)C(F)(F)F)CC4)ncc3Cl)n2)CCOCC1. The van der Waals surface area contributed by atoms with Gasteiger partial charge in [0.25, 0.3) is 0 Å². The van der Waals surface area contributed by atoms with Gasteiger partial charge < -0.3 is 25.2 Å². The minimum absolute atomic E-state index is 0.0851. The predicted molar refractivity (Wildman–Crippen MR) is 134 cm³/mol. The number of alkyl halides is 3. The first-order valence-corrected chi connectivity index (χ1v) is 12.9. The highest BCUT2D eigenvalue weighted by atomic mass is 35.5. The number of aromatic nitrogens is 3. The Bertz CT molecular complexity index is 1120. The first-order chi connectivity index (χ1) is 18.2. The summed E-state index contributed by atoms with van der Waals surface area (Å²) in [6.07, 6.45) is 1.58. The van der Waals surface area contributed by atoms with Crippen molar-refractivity contribution in [1.82, 2.24) is 20.3 Å². The molecular formula is C25H30ClF3N6O3. The molecule has 9 nitrogen and oxygen atoms in total. The van der Waals surface area contributed by atoms with Crippen LogP contribution in [0.4, 0.5) is 19.0 Å². The largest absolute Gasteiger partial charge is 0.475 e. The van der Waals surface area contributed by atoms with Crippen LogP contribution in [0.1, 0.15) is 38.5 Å². The van der Waals surface area contributed by atoms with Crippen LogP contribution >= 0.6 is 11.6 Å². The molecule has 0 aromatic carbocycles. The van der Waals surface area contributed by atoms with Gasteiger partial charge in [0, 0.05) is 43.6 Å². The molecule has 0 amide bonds. The smallest absolute Gasteiger partial charge is 0.415 e. The molecular weight excluding hydrogens is 525 g/mol. The first kappa shape index (κ1) is 28.3. The van der Waals surface area contributed by atoms with Crippen LogP contribution < -0.4 is 15.4 Å². The minimum Gasteiger partial charge on any atom is -0.475 e. The molecule has 4 rings (SSSR count). The first-order valence-electron chi connectivity index (χ1n) is 12.5. The molecule has 1 saturated heterocycles. The van der Waals surface area contributed by atoms with Gasteiger partial charge in [-0.1, -0.05) is 11.6 Å². The summed E-state index contributed by atoms with van der Waals surface area (Å²) in [5.41, 5.74) is 0.486. The Hall–Kier alpha value is -2.72. The van der Waals surface area contributed by atoms with E-state index in [1.165, 1.54) is 12.4 Å². The van der Waals surface area contributed by atoms with E-state index in [-0.39, 0.29) is 24.6 Å². The molecule has 2 fully saturated rings. The average molecular weight is 555 g/mol. The summed E-state index contributed by atoms with van der Waals surface area (Å²) >= 11 is 6.42. The number of aliphatic hydroxyl groups is 1. The van der Waals surface area contributed by atoms with Crippen LogP contribution in [0.3, 0.4) is 0 Å². The van der Waals surface area contributed by atoms with Crippen LogP contribution in [-0.2, 0) is 4.74 Å². The summed E-state index contributed by atoms with van der Waals surface area (Å²) in [5, 5.41) is 25.4. The number of hydrogen-bond donors (Lipinski definition) is 3. The average Bonchev–Trinajstić information content (AvgIpc) is 2.92. The number of ether oxygens (including phenoxy) is 2. The van der Waals surface area contributed by atoms with E-state index in [0.717, 1.165) is 12.8 Å². The van der Waals surface area contributed by atoms with Crippen molar-refractivity contribution < 1.29 is 27.8 Å². The fourth-order valence-electron chi connectivity index (χ4n) is 4.57. The zero-order valence-electron chi connectivity index (χ0n) is 20.7. The van der Waals surface area contributed by atoms with Crippen LogP contribution in [0.25, 0.3) is 11.3 Å². The molecule has 1 aliphatic carbocycles. The van der Waals surface area contributed by atoms with E-state index in [9.17, 15) is 23.5 Å². The fourth-order valence-corrected chi connectivity index (χ4v) is 4.77. The Kier molecular flexibility index (Phi) is 9.25. The standard InChI is InChI=1S/C25H30ClF3N6O3/c26-19-10-33-22(34-17-3-1-16(2-4-17)32-12-21(36)25(27,28)29)9-18(19)20-11-31-13-23(35-20)38-15-24(14-30)5-7-37-8-6-24/h9-11,13,16-17,21,32,36H,1-8,12,15H2,(H,33,34)/t16?,17?,21-/m0/s1. The molecule has 206 valence electrons. The molecule has 2 aliphatic rings. The highest BCUT2D eigenvalue weighted by Crippen LogP contribution is 2.32. The Morgan fingerprint density at radius 1 is 1.18 bits per heavy atom. The second-order valence-electron chi connectivity index (χ2n) is 9.74. The van der Waals surface area contributed by atoms with Gasteiger partial charge in [0.1, 0.15) is 12.4 Å². The van der Waals surface area contributed by atoms with Gasteiger partial charge in [-0.2, -0.15) is 18.4 Å². The Balaban J connectivity index is 1.34. The van der Waals surface area contributed by atoms with Gasteiger partial charge in [0.05, 0.1) is 34.6 Å². The van der Waals surface area contributed by atoms with E-state index in [4.69, 9.17) is 21.1 Å². The quantitative estimate of drug-likeness (QED) is 0.419. The van der Waals surface area contributed by atoms with Crippen molar-refractivity contribution >= 4 is 17.4 Å². The third-order valence-electron chi connectivity index (χ3n) is 6.98. The van der Waals surface area contributed by atoms with Crippen LogP contribution in [0.2, 0.25) is 5.02 Å². The summed E-state index contributed by atoms with van der Waals surface area (Å²) in [6, 6.07) is 4.13. The van der Waals surface area contributed by atoms with Crippen LogP contribution in [0.5, 0.6) is 5.88 Å². The maximum absolute atomic E-state index is 12.5. The van der Waals surface area contributed by atoms with Gasteiger partial charge >= 0.3 is 6.18 Å². The maximum atomic E-state index is 12.5. The summed E-state index contributed by atoms with van der Waals surface area (Å²) < 4.78 is 48.7. The lowest BCUT2D eigenvalue weighted by Gasteiger charge is -2.31. The number of nitriles is 1. The predicted octanol–water partition coefficient (Wildman–Crippen LogP) is 4.13. The monoisotopic (exact) mass is 554 g/mol. The molecule has 2 aromatic rings. The second-order valence-corrected chi connectivity index (χ2v) is 10.2. The summed E-state index contributed by atoms with van der Waals surface area (Å²) in [4.78, 5) is 13.1. The normalized spacial score (nSPS) is 22.3. The lowest BCUT2D eigenvalue weighted by atomic mass is 9.83. The van der Waals surface area contributed by atoms with E-state index in [0.29, 0.717) is 61.0 Å². The third-order valence-corrected chi connectivity index (χ3v) is 7.29. The molecule has 38 heavy (non-hydrogen) atoms. The van der Waals surface area contributed by atoms with Gasteiger partial charge in [0.15, 0.2) is 6.10 Å². The van der Waals surface area contributed by atoms with Gasteiger partial charge in [-0.25, -0.2) is 9.97 Å². The van der Waals surface area contributed by atoms with E-state index >= 15 is 0 Å². The molecule has 1 aliphatic heterocycles. The number of hydrogen-bond acceptors (Lipinski definition) is 9. The van der Waals surface area contributed by atoms with E-state index in [2.05, 4.69) is 31.7 Å². The lowest BCUT2D eigenvalue weighted by molar-refractivity contribution is -0.202. The molecule has 13 heteroatoms. The number of nitrogens with one attached hydrogen (secondary N) is 2. The molecule has 1 saturated carbocycles. The summed E-state index contributed by atoms with van der Waals surface area (Å²) in [7, 11) is 0. The van der Waals surface area contributed by atoms with Gasteiger partial charge in [0.2, 0.25) is 5.88 Å². The zero-order chi connectivity index (χ0) is 27.2. The van der Waals surface area contributed by atoms with Crippen molar-refractivity contribution in [1.29, 1.82) is 5.26 Å². The van der Waals surface area contributed by atoms with E-state index in [1.807, 2.05) is 0 Å². The fraction of sp³-hybridized carbons (Fsp3) is 0.600. The van der Waals surface area contributed by atoms with Crippen molar-refractivity contribution in [2.75, 3.05) is 31.7 Å². The van der Waals surface area contributed by atoms with Gasteiger partial charge in [-0.05, 0) is 44.6 Å². The zero-order valence-corrected chi connectivity index (χ0v) is 21.4. The Morgan fingerprint density at radius 3 is 2.58 bits per heavy atom. The number of anilines is 1. The number of nitrogens with zero attached hydrogens (tertiary/aromatic N) is 4. The van der Waals surface area contributed by atoms with Crippen molar-refractivity contribution in [2.45, 2.75) is 62.9 Å². The minimum atomic E-state index is -4.62. The highest BCUT2D eigenvalue weighted by molar-refractivity contribution is 6.33. The topological polar surface area (TPSA) is 125 Å². The van der Waals surface area contributed by atoms with Crippen molar-refractivity contribution in [3.05, 3.63) is 29.7 Å². The van der Waals surface area contributed by atoms with E-state index in [1.54, 1.807) is 12.3 Å². The Morgan fingerprint density at radius 2 is 1.89 bits per heavy atom. The van der Waals surface area contributed by atoms with Gasteiger partial charge in [-0.15, -0.1) is 0 Å². The van der Waals surface area contributed by atoms with E-state index < -0.39 is 24.2 Å². The summed E-state index contributed by atoms with van der Waals surface area (Å²) in [5.74, 6) is 0.875. The molecule has 0 bridgehead atoms. The molecule has 3 N–H and O–H groups in total. The number of aliphatic hydroxyl groups excluding tert-OH is 1. The maximum Gasteiger partial charge on any atom is 0.415 e. The van der Waals surface area contributed by atoms with Gasteiger partial charge in [-0.3, -0.25) is 4.98 Å². The summed E-state index contributed by atoms with van der Waals surface area (Å²) in [6.45, 7) is 0.716. The molecule has 2 aromatic heterocycles. The molecule has 0 unspecified atom stereocenters. The molecule has 1 atom stereocenters. The second kappa shape index (κ2) is 12.4. The lowest BCUT2D eigenvalue weighted by Crippen LogP contribution is -2.44. The highest BCUT2D eigenvalue weighted by Gasteiger charge is 2.38. The third kappa shape index (κ3) is 7.44. The molecule has 0 radical (unpaired) electrons. The van der Waals surface area contributed by atoms with Crippen molar-refractivity contribution in [3.8, 4) is 23.2 Å². The number of halogens is 4. The number of pyridine rings is 1. The van der Waals surface area contributed by atoms with Crippen molar-refractivity contribution in [2.24, 2.45) is 5.41 Å². The van der Waals surface area contributed by atoms with Crippen LogP contribution in [0, 0.1) is 16.7 Å². The molecule has 0 spiro atoms. The van der Waals surface area contributed by atoms with Crippen LogP contribution in [-0.4, -0.2) is 70.8 Å². The number of rotatable bonds is 9. The molecule has 3 heterocycles. The Labute approximate surface area is 223 Å². The van der Waals surface area contributed by atoms with Crippen molar-refractivity contribution in [3.63, 3.8) is 0 Å². The van der Waals surface area contributed by atoms with Crippen LogP contribution in [0.15, 0.2) is 24.7 Å².